The third-order valence-electron chi connectivity index (χ3n) is 7.61. The lowest BCUT2D eigenvalue weighted by atomic mass is 9.87. The number of ketones is 1. The number of hydrogen-bond donors (Lipinski definition) is 1. The van der Waals surface area contributed by atoms with Crippen LogP contribution >= 0.6 is 22.9 Å². The van der Waals surface area contributed by atoms with Crippen molar-refractivity contribution in [2.75, 3.05) is 12.4 Å². The summed E-state index contributed by atoms with van der Waals surface area (Å²) in [6.45, 7) is 6.02. The third kappa shape index (κ3) is 8.46. The van der Waals surface area contributed by atoms with Crippen LogP contribution in [0.3, 0.4) is 0 Å². The molecule has 0 radical (unpaired) electrons. The number of nitrogens with one attached hydrogen (secondary N) is 1. The lowest BCUT2D eigenvalue weighted by molar-refractivity contribution is -0.137. The first-order chi connectivity index (χ1) is 18.9. The molecule has 1 aromatic heterocycles. The summed E-state index contributed by atoms with van der Waals surface area (Å²) in [5.41, 5.74) is 1.94. The Labute approximate surface area is 244 Å². The van der Waals surface area contributed by atoms with E-state index in [1.54, 1.807) is 23.5 Å². The van der Waals surface area contributed by atoms with Gasteiger partial charge < -0.3 is 10.2 Å². The Morgan fingerprint density at radius 1 is 1.30 bits per heavy atom. The molecule has 218 valence electrons. The predicted octanol–water partition coefficient (Wildman–Crippen LogP) is 8.77. The topological polar surface area (TPSA) is 49.4 Å². The Hall–Kier alpha value is -2.58. The van der Waals surface area contributed by atoms with E-state index in [1.165, 1.54) is 36.1 Å². The van der Waals surface area contributed by atoms with E-state index in [-0.39, 0.29) is 40.8 Å². The number of allylic oxidation sites excluding steroid dienone is 2. The lowest BCUT2D eigenvalue weighted by Gasteiger charge is -2.33. The Morgan fingerprint density at radius 2 is 2.05 bits per heavy atom. The minimum atomic E-state index is -4.55. The van der Waals surface area contributed by atoms with Crippen molar-refractivity contribution in [2.45, 2.75) is 84.5 Å². The van der Waals surface area contributed by atoms with Gasteiger partial charge in [0.05, 0.1) is 22.8 Å². The summed E-state index contributed by atoms with van der Waals surface area (Å²) in [5, 5.41) is 4.58. The van der Waals surface area contributed by atoms with Crippen LogP contribution in [-0.2, 0) is 28.7 Å². The predicted molar refractivity (Wildman–Crippen MR) is 158 cm³/mol. The van der Waals surface area contributed by atoms with Crippen LogP contribution in [0.4, 0.5) is 18.9 Å². The zero-order valence-corrected chi connectivity index (χ0v) is 25.1. The first-order valence-corrected chi connectivity index (χ1v) is 14.9. The maximum atomic E-state index is 13.6. The normalized spacial score (nSPS) is 16.6. The molecule has 0 aliphatic heterocycles. The van der Waals surface area contributed by atoms with Gasteiger partial charge in [0.15, 0.2) is 0 Å². The van der Waals surface area contributed by atoms with Gasteiger partial charge in [0.25, 0.3) is 0 Å². The molecule has 9 heteroatoms. The highest BCUT2D eigenvalue weighted by Gasteiger charge is 2.35. The van der Waals surface area contributed by atoms with E-state index in [9.17, 15) is 22.8 Å². The molecule has 1 unspecified atom stereocenters. The van der Waals surface area contributed by atoms with Crippen LogP contribution in [0, 0.1) is 12.8 Å². The largest absolute Gasteiger partial charge is 0.418 e. The van der Waals surface area contributed by atoms with Crippen LogP contribution in [0.1, 0.15) is 73.9 Å². The van der Waals surface area contributed by atoms with Crippen LogP contribution in [-0.4, -0.2) is 29.7 Å². The molecule has 0 fully saturated rings. The number of Topliss-reactive ketones (excluding diaryl/α,β-unsaturated/α-hetero) is 1. The van der Waals surface area contributed by atoms with E-state index in [2.05, 4.69) is 29.8 Å². The molecule has 2 aromatic rings. The van der Waals surface area contributed by atoms with Crippen LogP contribution in [0.2, 0.25) is 5.02 Å². The highest BCUT2D eigenvalue weighted by atomic mass is 35.5. The Kier molecular flexibility index (Phi) is 11.5. The van der Waals surface area contributed by atoms with E-state index in [0.29, 0.717) is 18.5 Å². The molecule has 0 bridgehead atoms. The van der Waals surface area contributed by atoms with Gasteiger partial charge in [-0.15, -0.1) is 11.3 Å². The van der Waals surface area contributed by atoms with E-state index in [1.807, 2.05) is 11.8 Å². The van der Waals surface area contributed by atoms with Crippen molar-refractivity contribution in [1.82, 2.24) is 4.90 Å². The monoisotopic (exact) mass is 594 g/mol. The van der Waals surface area contributed by atoms with Gasteiger partial charge in [-0.1, -0.05) is 29.3 Å². The van der Waals surface area contributed by atoms with Gasteiger partial charge in [-0.05, 0) is 106 Å². The Bertz CT molecular complexity index is 1250. The molecule has 1 heterocycles. The number of halogens is 4. The van der Waals surface area contributed by atoms with Crippen molar-refractivity contribution in [3.63, 3.8) is 0 Å². The number of hydrogen-bond acceptors (Lipinski definition) is 4. The quantitative estimate of drug-likeness (QED) is 0.197. The van der Waals surface area contributed by atoms with Gasteiger partial charge in [-0.2, -0.15) is 13.2 Å². The third-order valence-corrected chi connectivity index (χ3v) is 8.91. The van der Waals surface area contributed by atoms with Gasteiger partial charge in [-0.25, -0.2) is 0 Å². The van der Waals surface area contributed by atoms with Crippen molar-refractivity contribution >= 4 is 40.3 Å². The number of anilines is 1. The fraction of sp³-hybridized carbons (Fsp3) is 0.484. The van der Waals surface area contributed by atoms with Crippen molar-refractivity contribution in [2.24, 2.45) is 5.92 Å². The average Bonchev–Trinajstić information content (AvgIpc) is 3.30. The summed E-state index contributed by atoms with van der Waals surface area (Å²) in [5.74, 6) is -0.391. The SMILES string of the molecule is C/C=C/C(=O)N(Cc1sccc1C)C1CC=C(CCC[C@H](Cc2cc(Cl)c(NC)c(C(F)(F)F)c2)C(C)=O)CC1. The number of carbonyl (C=O) groups excluding carboxylic acids is 2. The Balaban J connectivity index is 1.61. The number of nitrogens with zero attached hydrogens (tertiary/aromatic N) is 1. The number of thiophene rings is 1. The van der Waals surface area contributed by atoms with Crippen molar-refractivity contribution < 1.29 is 22.8 Å². The molecule has 3 rings (SSSR count). The Morgan fingerprint density at radius 3 is 2.60 bits per heavy atom. The molecular formula is C31H38ClF3N2O2S. The number of benzene rings is 1. The number of carbonyl (C=O) groups is 2. The highest BCUT2D eigenvalue weighted by molar-refractivity contribution is 7.10. The van der Waals surface area contributed by atoms with Crippen molar-refractivity contribution in [1.29, 1.82) is 0 Å². The van der Waals surface area contributed by atoms with Gasteiger partial charge in [-0.3, -0.25) is 9.59 Å². The smallest absolute Gasteiger partial charge is 0.386 e. The fourth-order valence-electron chi connectivity index (χ4n) is 5.30. The molecule has 1 aromatic carbocycles. The summed E-state index contributed by atoms with van der Waals surface area (Å²) in [6, 6.07) is 4.82. The molecule has 1 aliphatic carbocycles. The molecule has 0 saturated carbocycles. The minimum absolute atomic E-state index is 0.00673. The molecule has 1 aliphatic rings. The average molecular weight is 595 g/mol. The second kappa shape index (κ2) is 14.4. The van der Waals surface area contributed by atoms with Crippen LogP contribution in [0.15, 0.2) is 47.4 Å². The van der Waals surface area contributed by atoms with E-state index >= 15 is 0 Å². The first kappa shape index (κ1) is 31.9. The molecule has 40 heavy (non-hydrogen) atoms. The standard InChI is InChI=1S/C31H38ClF3N2O2S/c1-5-7-29(39)37(19-28-20(2)14-15-40-28)25-12-10-22(11-13-25)8-6-9-24(21(3)38)16-23-17-26(31(33,34)35)30(36-4)27(32)18-23/h5,7,10,14-15,17-18,24-25,36H,6,8-9,11-13,16,19H2,1-4H3/b7-5+/t24-,25?/m1/s1. The highest BCUT2D eigenvalue weighted by Crippen LogP contribution is 2.40. The van der Waals surface area contributed by atoms with Crippen molar-refractivity contribution in [3.8, 4) is 0 Å². The molecule has 1 N–H and O–H groups in total. The molecule has 0 spiro atoms. The van der Waals surface area contributed by atoms with Crippen LogP contribution in [0.5, 0.6) is 0 Å². The maximum Gasteiger partial charge on any atom is 0.418 e. The lowest BCUT2D eigenvalue weighted by Crippen LogP contribution is -2.39. The van der Waals surface area contributed by atoms with Gasteiger partial charge in [0, 0.05) is 23.9 Å². The van der Waals surface area contributed by atoms with Gasteiger partial charge >= 0.3 is 6.18 Å². The van der Waals surface area contributed by atoms with Crippen LogP contribution in [0.25, 0.3) is 0 Å². The van der Waals surface area contributed by atoms with Gasteiger partial charge in [0.2, 0.25) is 5.91 Å². The minimum Gasteiger partial charge on any atom is -0.386 e. The first-order valence-electron chi connectivity index (χ1n) is 13.7. The summed E-state index contributed by atoms with van der Waals surface area (Å²) in [4.78, 5) is 28.4. The summed E-state index contributed by atoms with van der Waals surface area (Å²) >= 11 is 7.82. The van der Waals surface area contributed by atoms with Crippen molar-refractivity contribution in [3.05, 3.63) is 74.0 Å². The van der Waals surface area contributed by atoms with E-state index < -0.39 is 11.7 Å². The molecule has 0 saturated heterocycles. The van der Waals surface area contributed by atoms with Crippen LogP contribution < -0.4 is 5.32 Å². The second-order valence-corrected chi connectivity index (χ2v) is 11.8. The summed E-state index contributed by atoms with van der Waals surface area (Å²) in [6.07, 6.45) is 6.03. The molecule has 1 amide bonds. The van der Waals surface area contributed by atoms with E-state index in [4.69, 9.17) is 11.6 Å². The summed E-state index contributed by atoms with van der Waals surface area (Å²) in [7, 11) is 1.40. The summed E-state index contributed by atoms with van der Waals surface area (Å²) < 4.78 is 40.7. The zero-order valence-electron chi connectivity index (χ0n) is 23.5. The van der Waals surface area contributed by atoms with E-state index in [0.717, 1.165) is 38.2 Å². The maximum absolute atomic E-state index is 13.6. The molecular weight excluding hydrogens is 557 g/mol. The number of aryl methyl sites for hydroxylation is 1. The second-order valence-electron chi connectivity index (χ2n) is 10.4. The zero-order chi connectivity index (χ0) is 29.4. The molecule has 4 nitrogen and oxygen atoms in total. The van der Waals surface area contributed by atoms with Gasteiger partial charge in [0.1, 0.15) is 5.78 Å². The fourth-order valence-corrected chi connectivity index (χ4v) is 6.54. The number of rotatable bonds is 12. The molecule has 2 atom stereocenters. The number of amides is 1. The number of alkyl halides is 3.